The number of halogens is 1. The second kappa shape index (κ2) is 5.12. The van der Waals surface area contributed by atoms with E-state index in [1.165, 1.54) is 32.0 Å². The van der Waals surface area contributed by atoms with E-state index in [1.807, 2.05) is 6.07 Å². The molecule has 15 heavy (non-hydrogen) atoms. The maximum absolute atomic E-state index is 13.2. The van der Waals surface area contributed by atoms with E-state index in [0.29, 0.717) is 5.69 Å². The Morgan fingerprint density at radius 2 is 1.93 bits per heavy atom. The lowest BCUT2D eigenvalue weighted by Crippen LogP contribution is -2.26. The van der Waals surface area contributed by atoms with Crippen LogP contribution in [0.25, 0.3) is 0 Å². The Morgan fingerprint density at radius 3 is 2.67 bits per heavy atom. The fourth-order valence-electron chi connectivity index (χ4n) is 1.96. The molecule has 2 nitrogen and oxygen atoms in total. The molecule has 3 heteroatoms. The SMILES string of the molecule is Fc1ccccc1NCCN1CCCC1. The Labute approximate surface area is 90.1 Å². The highest BCUT2D eigenvalue weighted by Crippen LogP contribution is 2.12. The Hall–Kier alpha value is -1.09. The molecule has 0 spiro atoms. The molecule has 1 heterocycles. The highest BCUT2D eigenvalue weighted by molar-refractivity contribution is 5.44. The number of nitrogens with one attached hydrogen (secondary N) is 1. The van der Waals surface area contributed by atoms with Gasteiger partial charge in [0.05, 0.1) is 5.69 Å². The highest BCUT2D eigenvalue weighted by Gasteiger charge is 2.10. The third-order valence-electron chi connectivity index (χ3n) is 2.82. The normalized spacial score (nSPS) is 16.9. The molecule has 1 N–H and O–H groups in total. The molecule has 0 bridgehead atoms. The van der Waals surface area contributed by atoms with Crippen LogP contribution in [0.4, 0.5) is 10.1 Å². The van der Waals surface area contributed by atoms with Crippen molar-refractivity contribution in [3.05, 3.63) is 30.1 Å². The van der Waals surface area contributed by atoms with Crippen LogP contribution in [0.5, 0.6) is 0 Å². The van der Waals surface area contributed by atoms with Gasteiger partial charge in [0.2, 0.25) is 0 Å². The number of benzene rings is 1. The minimum Gasteiger partial charge on any atom is -0.381 e. The summed E-state index contributed by atoms with van der Waals surface area (Å²) in [6, 6.07) is 6.82. The summed E-state index contributed by atoms with van der Waals surface area (Å²) in [7, 11) is 0. The summed E-state index contributed by atoms with van der Waals surface area (Å²) in [5, 5.41) is 3.12. The van der Waals surface area contributed by atoms with Crippen LogP contribution in [-0.2, 0) is 0 Å². The lowest BCUT2D eigenvalue weighted by molar-refractivity contribution is 0.352. The third-order valence-corrected chi connectivity index (χ3v) is 2.82. The summed E-state index contributed by atoms with van der Waals surface area (Å²) in [5.74, 6) is -0.168. The van der Waals surface area contributed by atoms with Gasteiger partial charge in [-0.2, -0.15) is 0 Å². The van der Waals surface area contributed by atoms with Crippen molar-refractivity contribution in [3.8, 4) is 0 Å². The van der Waals surface area contributed by atoms with E-state index in [1.54, 1.807) is 12.1 Å². The average Bonchev–Trinajstić information content (AvgIpc) is 2.74. The molecular formula is C12H17FN2. The van der Waals surface area contributed by atoms with Gasteiger partial charge in [0.15, 0.2) is 0 Å². The van der Waals surface area contributed by atoms with Crippen LogP contribution < -0.4 is 5.32 Å². The fraction of sp³-hybridized carbons (Fsp3) is 0.500. The largest absolute Gasteiger partial charge is 0.381 e. The average molecular weight is 208 g/mol. The zero-order valence-corrected chi connectivity index (χ0v) is 8.88. The zero-order valence-electron chi connectivity index (χ0n) is 8.88. The molecule has 82 valence electrons. The molecular weight excluding hydrogens is 191 g/mol. The smallest absolute Gasteiger partial charge is 0.146 e. The van der Waals surface area contributed by atoms with Gasteiger partial charge in [0, 0.05) is 13.1 Å². The lowest BCUT2D eigenvalue weighted by Gasteiger charge is -2.15. The maximum Gasteiger partial charge on any atom is 0.146 e. The van der Waals surface area contributed by atoms with Gasteiger partial charge in [-0.3, -0.25) is 0 Å². The molecule has 0 radical (unpaired) electrons. The third kappa shape index (κ3) is 2.93. The van der Waals surface area contributed by atoms with E-state index < -0.39 is 0 Å². The number of anilines is 1. The number of hydrogen-bond donors (Lipinski definition) is 1. The van der Waals surface area contributed by atoms with Gasteiger partial charge < -0.3 is 10.2 Å². The van der Waals surface area contributed by atoms with Crippen molar-refractivity contribution in [2.45, 2.75) is 12.8 Å². The first-order valence-electron chi connectivity index (χ1n) is 5.57. The summed E-state index contributed by atoms with van der Waals surface area (Å²) < 4.78 is 13.2. The van der Waals surface area contributed by atoms with E-state index in [2.05, 4.69) is 10.2 Å². The first-order chi connectivity index (χ1) is 7.36. The Morgan fingerprint density at radius 1 is 1.20 bits per heavy atom. The van der Waals surface area contributed by atoms with Gasteiger partial charge in [-0.25, -0.2) is 4.39 Å². The predicted octanol–water partition coefficient (Wildman–Crippen LogP) is 2.33. The molecule has 1 aliphatic rings. The van der Waals surface area contributed by atoms with Crippen LogP contribution in [0.1, 0.15) is 12.8 Å². The van der Waals surface area contributed by atoms with Crippen molar-refractivity contribution < 1.29 is 4.39 Å². The molecule has 2 rings (SSSR count). The Bertz CT molecular complexity index is 308. The molecule has 0 amide bonds. The van der Waals surface area contributed by atoms with Crippen molar-refractivity contribution in [2.75, 3.05) is 31.5 Å². The molecule has 1 saturated heterocycles. The van der Waals surface area contributed by atoms with E-state index in [-0.39, 0.29) is 5.82 Å². The molecule has 1 aliphatic heterocycles. The van der Waals surface area contributed by atoms with Crippen molar-refractivity contribution in [2.24, 2.45) is 0 Å². The van der Waals surface area contributed by atoms with E-state index in [9.17, 15) is 4.39 Å². The van der Waals surface area contributed by atoms with Gasteiger partial charge >= 0.3 is 0 Å². The minimum atomic E-state index is -0.168. The quantitative estimate of drug-likeness (QED) is 0.817. The molecule has 1 fully saturated rings. The van der Waals surface area contributed by atoms with Crippen LogP contribution in [0.15, 0.2) is 24.3 Å². The number of hydrogen-bond acceptors (Lipinski definition) is 2. The summed E-state index contributed by atoms with van der Waals surface area (Å²) in [6.45, 7) is 4.22. The standard InChI is InChI=1S/C12H17FN2/c13-11-5-1-2-6-12(11)14-7-10-15-8-3-4-9-15/h1-2,5-6,14H,3-4,7-10H2. The van der Waals surface area contributed by atoms with Crippen LogP contribution in [-0.4, -0.2) is 31.1 Å². The van der Waals surface area contributed by atoms with Gasteiger partial charge in [-0.05, 0) is 38.1 Å². The summed E-state index contributed by atoms with van der Waals surface area (Å²) in [4.78, 5) is 2.41. The number of likely N-dealkylation sites (tertiary alicyclic amines) is 1. The second-order valence-electron chi connectivity index (χ2n) is 3.96. The topological polar surface area (TPSA) is 15.3 Å². The first kappa shape index (κ1) is 10.4. The predicted molar refractivity (Wildman–Crippen MR) is 60.6 cm³/mol. The van der Waals surface area contributed by atoms with E-state index in [0.717, 1.165) is 13.1 Å². The number of nitrogens with zero attached hydrogens (tertiary/aromatic N) is 1. The molecule has 0 aliphatic carbocycles. The minimum absolute atomic E-state index is 0.168. The Kier molecular flexibility index (Phi) is 3.56. The van der Waals surface area contributed by atoms with Crippen LogP contribution >= 0.6 is 0 Å². The van der Waals surface area contributed by atoms with E-state index >= 15 is 0 Å². The highest BCUT2D eigenvalue weighted by atomic mass is 19.1. The molecule has 0 atom stereocenters. The molecule has 1 aromatic rings. The number of rotatable bonds is 4. The maximum atomic E-state index is 13.2. The zero-order chi connectivity index (χ0) is 10.5. The molecule has 0 saturated carbocycles. The Balaban J connectivity index is 1.75. The first-order valence-corrected chi connectivity index (χ1v) is 5.57. The van der Waals surface area contributed by atoms with Crippen molar-refractivity contribution >= 4 is 5.69 Å². The van der Waals surface area contributed by atoms with Crippen LogP contribution in [0.2, 0.25) is 0 Å². The van der Waals surface area contributed by atoms with E-state index in [4.69, 9.17) is 0 Å². The lowest BCUT2D eigenvalue weighted by atomic mass is 10.3. The van der Waals surface area contributed by atoms with Crippen molar-refractivity contribution in [1.29, 1.82) is 0 Å². The molecule has 0 unspecified atom stereocenters. The molecule has 1 aromatic carbocycles. The van der Waals surface area contributed by atoms with Gasteiger partial charge in [0.25, 0.3) is 0 Å². The van der Waals surface area contributed by atoms with Gasteiger partial charge in [-0.1, -0.05) is 12.1 Å². The van der Waals surface area contributed by atoms with Gasteiger partial charge in [-0.15, -0.1) is 0 Å². The second-order valence-corrected chi connectivity index (χ2v) is 3.96. The summed E-state index contributed by atoms with van der Waals surface area (Å²) >= 11 is 0. The van der Waals surface area contributed by atoms with Gasteiger partial charge in [0.1, 0.15) is 5.82 Å². The monoisotopic (exact) mass is 208 g/mol. The van der Waals surface area contributed by atoms with Crippen LogP contribution in [0, 0.1) is 5.82 Å². The van der Waals surface area contributed by atoms with Crippen molar-refractivity contribution in [3.63, 3.8) is 0 Å². The summed E-state index contributed by atoms with van der Waals surface area (Å²) in [5.41, 5.74) is 0.608. The number of para-hydroxylation sites is 1. The fourth-order valence-corrected chi connectivity index (χ4v) is 1.96. The summed E-state index contributed by atoms with van der Waals surface area (Å²) in [6.07, 6.45) is 2.61. The van der Waals surface area contributed by atoms with Crippen LogP contribution in [0.3, 0.4) is 0 Å². The van der Waals surface area contributed by atoms with Crippen molar-refractivity contribution in [1.82, 2.24) is 4.90 Å². The molecule has 0 aromatic heterocycles.